The van der Waals surface area contributed by atoms with Crippen LogP contribution in [0.3, 0.4) is 0 Å². The monoisotopic (exact) mass is 828 g/mol. The van der Waals surface area contributed by atoms with Crippen LogP contribution in [-0.4, -0.2) is 83.7 Å². The summed E-state index contributed by atoms with van der Waals surface area (Å²) in [4.78, 5) is 35.2. The molecule has 59 heavy (non-hydrogen) atoms. The molecule has 0 radical (unpaired) electrons. The summed E-state index contributed by atoms with van der Waals surface area (Å²) in [5.41, 5.74) is 2.92. The van der Waals surface area contributed by atoms with E-state index >= 15 is 0 Å². The zero-order valence-electron chi connectivity index (χ0n) is 34.2. The van der Waals surface area contributed by atoms with Crippen LogP contribution in [0.5, 0.6) is 17.4 Å². The molecule has 0 aliphatic rings. The minimum absolute atomic E-state index is 0.0386. The fourth-order valence-electron chi connectivity index (χ4n) is 5.97. The number of nitrogens with zero attached hydrogens (tertiary/aromatic N) is 2. The number of urea groups is 1. The van der Waals surface area contributed by atoms with Crippen LogP contribution in [0.2, 0.25) is 0 Å². The fourth-order valence-corrected chi connectivity index (χ4v) is 6.52. The first-order valence-electron chi connectivity index (χ1n) is 19.1. The molecule has 4 aromatic carbocycles. The molecule has 1 heterocycles. The number of fused-ring (bicyclic) bond motifs is 1. The molecule has 1 aromatic heterocycles. The summed E-state index contributed by atoms with van der Waals surface area (Å²) in [7, 11) is -0.617. The highest BCUT2D eigenvalue weighted by Crippen LogP contribution is 2.40. The van der Waals surface area contributed by atoms with E-state index in [2.05, 4.69) is 30.6 Å². The second-order valence-electron chi connectivity index (χ2n) is 14.6. The quantitative estimate of drug-likeness (QED) is 0.0413. The van der Waals surface area contributed by atoms with Gasteiger partial charge in [0.05, 0.1) is 56.9 Å². The number of anilines is 4. The van der Waals surface area contributed by atoms with Crippen molar-refractivity contribution in [2.45, 2.75) is 45.6 Å². The van der Waals surface area contributed by atoms with Gasteiger partial charge in [-0.3, -0.25) is 9.52 Å². The maximum absolute atomic E-state index is 13.5. The number of carbonyl (C=O) groups is 2. The Kier molecular flexibility index (Phi) is 15.6. The van der Waals surface area contributed by atoms with Crippen molar-refractivity contribution in [3.63, 3.8) is 0 Å². The normalized spacial score (nSPS) is 11.6. The molecule has 0 bridgehead atoms. The zero-order chi connectivity index (χ0) is 42.4. The number of carbonyl (C=O) groups excluding carboxylic acids is 2. The Morgan fingerprint density at radius 1 is 0.780 bits per heavy atom. The maximum atomic E-state index is 13.5. The van der Waals surface area contributed by atoms with Gasteiger partial charge in [0.1, 0.15) is 5.75 Å². The van der Waals surface area contributed by atoms with E-state index in [1.807, 2.05) is 63.2 Å². The van der Waals surface area contributed by atoms with Crippen molar-refractivity contribution in [1.82, 2.24) is 9.97 Å². The van der Waals surface area contributed by atoms with Crippen molar-refractivity contribution in [3.05, 3.63) is 102 Å². The maximum Gasteiger partial charge on any atom is 0.323 e. The van der Waals surface area contributed by atoms with Crippen LogP contribution in [0, 0.1) is 0 Å². The Morgan fingerprint density at radius 3 is 2.22 bits per heavy atom. The van der Waals surface area contributed by atoms with Crippen molar-refractivity contribution in [2.75, 3.05) is 74.2 Å². The number of sulfonamides is 1. The zero-order valence-corrected chi connectivity index (χ0v) is 35.0. The van der Waals surface area contributed by atoms with Gasteiger partial charge in [-0.05, 0) is 53.3 Å². The van der Waals surface area contributed by atoms with Crippen LogP contribution < -0.4 is 30.1 Å². The number of hydrogen-bond acceptors (Lipinski definition) is 12. The van der Waals surface area contributed by atoms with E-state index in [0.717, 1.165) is 17.4 Å². The molecule has 0 aliphatic heterocycles. The van der Waals surface area contributed by atoms with Crippen LogP contribution in [0.4, 0.5) is 27.8 Å². The molecule has 0 spiro atoms. The van der Waals surface area contributed by atoms with E-state index in [-0.39, 0.29) is 28.3 Å². The lowest BCUT2D eigenvalue weighted by Gasteiger charge is -2.24. The first kappa shape index (κ1) is 44.3. The molecule has 0 unspecified atom stereocenters. The Hall–Kier alpha value is -5.81. The summed E-state index contributed by atoms with van der Waals surface area (Å²) >= 11 is 0. The summed E-state index contributed by atoms with van der Waals surface area (Å²) in [6.07, 6.45) is 3.62. The minimum atomic E-state index is -3.64. The van der Waals surface area contributed by atoms with Gasteiger partial charge in [-0.25, -0.2) is 18.2 Å². The van der Waals surface area contributed by atoms with Gasteiger partial charge in [-0.1, -0.05) is 63.2 Å². The summed E-state index contributed by atoms with van der Waals surface area (Å²) in [6.45, 7) is 8.82. The van der Waals surface area contributed by atoms with Gasteiger partial charge in [0.2, 0.25) is 21.9 Å². The SMILES string of the molecule is COCCOCCOCCCC(=O)c1cccc(CNc2nccc(Oc3ccc(NC(=O)Nc4cc(C(C)(C)C)cc(NS(C)(=O)=O)c4OC)c4ccccc34)n2)c1. The van der Waals surface area contributed by atoms with Crippen molar-refractivity contribution >= 4 is 55.6 Å². The summed E-state index contributed by atoms with van der Waals surface area (Å²) < 4.78 is 54.5. The predicted octanol–water partition coefficient (Wildman–Crippen LogP) is 8.00. The largest absolute Gasteiger partial charge is 0.492 e. The van der Waals surface area contributed by atoms with Gasteiger partial charge in [0, 0.05) is 55.3 Å². The average Bonchev–Trinajstić information content (AvgIpc) is 3.19. The molecule has 0 saturated heterocycles. The number of aromatic nitrogens is 2. The predicted molar refractivity (Wildman–Crippen MR) is 230 cm³/mol. The second-order valence-corrected chi connectivity index (χ2v) is 16.3. The topological polar surface area (TPSA) is 188 Å². The highest BCUT2D eigenvalue weighted by atomic mass is 32.2. The number of Topliss-reactive ketones (excluding diaryl/α,β-unsaturated/α-hetero) is 1. The van der Waals surface area contributed by atoms with Gasteiger partial charge in [0.25, 0.3) is 0 Å². The van der Waals surface area contributed by atoms with Crippen molar-refractivity contribution in [2.24, 2.45) is 0 Å². The molecule has 2 amide bonds. The Labute approximate surface area is 345 Å². The van der Waals surface area contributed by atoms with E-state index in [9.17, 15) is 18.0 Å². The smallest absolute Gasteiger partial charge is 0.323 e. The number of benzene rings is 4. The molecule has 5 rings (SSSR count). The Balaban J connectivity index is 1.21. The van der Waals surface area contributed by atoms with Crippen LogP contribution in [0.1, 0.15) is 55.1 Å². The third-order valence-corrected chi connectivity index (χ3v) is 9.47. The third kappa shape index (κ3) is 13.4. The van der Waals surface area contributed by atoms with Gasteiger partial charge < -0.3 is 39.6 Å². The highest BCUT2D eigenvalue weighted by Gasteiger charge is 2.23. The number of nitrogens with one attached hydrogen (secondary N) is 4. The number of rotatable bonds is 21. The fraction of sp³-hybridized carbons (Fsp3) is 0.349. The average molecular weight is 829 g/mol. The molecule has 0 aliphatic carbocycles. The number of ether oxygens (including phenoxy) is 5. The van der Waals surface area contributed by atoms with E-state index in [4.69, 9.17) is 23.7 Å². The number of methoxy groups -OCH3 is 2. The Bertz CT molecular complexity index is 2330. The van der Waals surface area contributed by atoms with Crippen LogP contribution >= 0.6 is 0 Å². The van der Waals surface area contributed by atoms with Crippen molar-refractivity contribution in [1.29, 1.82) is 0 Å². The van der Waals surface area contributed by atoms with Crippen LogP contribution in [0.25, 0.3) is 10.8 Å². The van der Waals surface area contributed by atoms with E-state index in [0.29, 0.717) is 92.0 Å². The molecular weight excluding hydrogens is 777 g/mol. The Morgan fingerprint density at radius 2 is 1.49 bits per heavy atom. The summed E-state index contributed by atoms with van der Waals surface area (Å²) in [5.74, 6) is 1.33. The highest BCUT2D eigenvalue weighted by molar-refractivity contribution is 7.92. The van der Waals surface area contributed by atoms with Crippen LogP contribution in [0.15, 0.2) is 85.1 Å². The van der Waals surface area contributed by atoms with Crippen LogP contribution in [-0.2, 0) is 36.2 Å². The molecule has 0 fully saturated rings. The first-order chi connectivity index (χ1) is 28.2. The molecule has 16 heteroatoms. The van der Waals surface area contributed by atoms with Gasteiger partial charge in [-0.2, -0.15) is 4.98 Å². The van der Waals surface area contributed by atoms with Crippen molar-refractivity contribution in [3.8, 4) is 17.4 Å². The molecule has 15 nitrogen and oxygen atoms in total. The molecule has 0 atom stereocenters. The lowest BCUT2D eigenvalue weighted by Crippen LogP contribution is -2.22. The lowest BCUT2D eigenvalue weighted by atomic mass is 9.86. The van der Waals surface area contributed by atoms with Gasteiger partial charge >= 0.3 is 6.03 Å². The lowest BCUT2D eigenvalue weighted by molar-refractivity contribution is 0.0240. The molecule has 4 N–H and O–H groups in total. The number of amides is 2. The van der Waals surface area contributed by atoms with Gasteiger partial charge in [-0.15, -0.1) is 0 Å². The van der Waals surface area contributed by atoms with E-state index < -0.39 is 16.1 Å². The molecule has 5 aromatic rings. The first-order valence-corrected chi connectivity index (χ1v) is 20.9. The van der Waals surface area contributed by atoms with E-state index in [1.165, 1.54) is 7.11 Å². The third-order valence-electron chi connectivity index (χ3n) is 8.88. The summed E-state index contributed by atoms with van der Waals surface area (Å²) in [6, 6.07) is 22.8. The molecule has 0 saturated carbocycles. The van der Waals surface area contributed by atoms with E-state index in [1.54, 1.807) is 49.7 Å². The number of hydrogen-bond donors (Lipinski definition) is 4. The molecule has 314 valence electrons. The second kappa shape index (κ2) is 20.7. The summed E-state index contributed by atoms with van der Waals surface area (Å²) in [5, 5.41) is 10.4. The number of ketones is 1. The van der Waals surface area contributed by atoms with Gasteiger partial charge in [0.15, 0.2) is 11.5 Å². The minimum Gasteiger partial charge on any atom is -0.492 e. The standard InChI is InChI=1S/C43H52N6O9S/c1-43(2,3)31-26-35(40(55-5)36(27-31)49-59(6,52)53)47-42(51)46-34-16-17-38(33-14-8-7-13-32(33)34)58-39-18-19-44-41(48-39)45-28-29-11-9-12-30(25-29)37(50)15-10-20-56-23-24-57-22-21-54-4/h7-9,11-14,16-19,25-27,49H,10,15,20-24,28H2,1-6H3,(H,44,45,48)(H2,46,47,51). The van der Waals surface area contributed by atoms with Crippen molar-refractivity contribution < 1.29 is 41.7 Å². The molecular formula is C43H52N6O9S.